The third-order valence-corrected chi connectivity index (χ3v) is 3.84. The fraction of sp³-hybridized carbons (Fsp3) is 0.450. The number of hydrogen-bond donors (Lipinski definition) is 2. The molecule has 2 rings (SSSR count). The summed E-state index contributed by atoms with van der Waals surface area (Å²) in [5.41, 5.74) is 1.15. The Balaban J connectivity index is 1.88. The van der Waals surface area contributed by atoms with Crippen LogP contribution in [0.4, 0.5) is 0 Å². The van der Waals surface area contributed by atoms with Crippen molar-refractivity contribution in [1.29, 1.82) is 0 Å². The summed E-state index contributed by atoms with van der Waals surface area (Å²) in [4.78, 5) is 4.69. The number of hydrogen-bond acceptors (Lipinski definition) is 3. The molecule has 1 aromatic carbocycles. The summed E-state index contributed by atoms with van der Waals surface area (Å²) in [6.07, 6.45) is 3.65. The van der Waals surface area contributed by atoms with Crippen LogP contribution in [-0.2, 0) is 13.0 Å². The van der Waals surface area contributed by atoms with Gasteiger partial charge in [0, 0.05) is 19.5 Å². The highest BCUT2D eigenvalue weighted by Crippen LogP contribution is 2.11. The van der Waals surface area contributed by atoms with E-state index in [-0.39, 0.29) is 0 Å². The van der Waals surface area contributed by atoms with E-state index in [1.165, 1.54) is 0 Å². The minimum atomic E-state index is 0.627. The maximum Gasteiger partial charge on any atom is 0.191 e. The van der Waals surface area contributed by atoms with E-state index in [9.17, 15) is 0 Å². The van der Waals surface area contributed by atoms with Gasteiger partial charge in [-0.2, -0.15) is 0 Å². The number of rotatable bonds is 9. The highest BCUT2D eigenvalue weighted by molar-refractivity contribution is 5.79. The monoisotopic (exact) mass is 343 g/mol. The van der Waals surface area contributed by atoms with Crippen LogP contribution in [0.2, 0.25) is 0 Å². The molecular formula is C20H29N3O2. The van der Waals surface area contributed by atoms with Gasteiger partial charge in [-0.3, -0.25) is 0 Å². The molecule has 0 radical (unpaired) electrons. The van der Waals surface area contributed by atoms with E-state index in [1.807, 2.05) is 36.4 Å². The SMILES string of the molecule is COc1ccc(CN=C(NCCc2ccco2)NCCC(C)C)cc1. The third-order valence-electron chi connectivity index (χ3n) is 3.84. The molecule has 0 bridgehead atoms. The van der Waals surface area contributed by atoms with Crippen molar-refractivity contribution in [2.75, 3.05) is 20.2 Å². The minimum Gasteiger partial charge on any atom is -0.497 e. The largest absolute Gasteiger partial charge is 0.497 e. The van der Waals surface area contributed by atoms with Gasteiger partial charge in [0.2, 0.25) is 0 Å². The Bertz CT molecular complexity index is 619. The molecule has 0 saturated carbocycles. The number of ether oxygens (including phenoxy) is 1. The first-order chi connectivity index (χ1) is 12.2. The summed E-state index contributed by atoms with van der Waals surface area (Å²) >= 11 is 0. The van der Waals surface area contributed by atoms with Gasteiger partial charge in [-0.25, -0.2) is 4.99 Å². The van der Waals surface area contributed by atoms with Crippen molar-refractivity contribution in [3.8, 4) is 5.75 Å². The van der Waals surface area contributed by atoms with Crippen molar-refractivity contribution in [1.82, 2.24) is 10.6 Å². The summed E-state index contributed by atoms with van der Waals surface area (Å²) in [6, 6.07) is 11.9. The zero-order valence-electron chi connectivity index (χ0n) is 15.4. The normalized spacial score (nSPS) is 11.6. The van der Waals surface area contributed by atoms with E-state index < -0.39 is 0 Å². The summed E-state index contributed by atoms with van der Waals surface area (Å²) in [5.74, 6) is 3.34. The van der Waals surface area contributed by atoms with E-state index in [0.717, 1.165) is 49.0 Å². The zero-order chi connectivity index (χ0) is 17.9. The number of benzene rings is 1. The molecule has 0 aliphatic rings. The molecule has 1 heterocycles. The molecule has 0 atom stereocenters. The van der Waals surface area contributed by atoms with Crippen molar-refractivity contribution in [3.63, 3.8) is 0 Å². The lowest BCUT2D eigenvalue weighted by molar-refractivity contribution is 0.414. The zero-order valence-corrected chi connectivity index (χ0v) is 15.4. The van der Waals surface area contributed by atoms with Crippen molar-refractivity contribution in [2.24, 2.45) is 10.9 Å². The van der Waals surface area contributed by atoms with Crippen LogP contribution in [0, 0.1) is 5.92 Å². The van der Waals surface area contributed by atoms with Gasteiger partial charge < -0.3 is 19.8 Å². The molecule has 0 amide bonds. The van der Waals surface area contributed by atoms with Gasteiger partial charge in [-0.1, -0.05) is 26.0 Å². The fourth-order valence-electron chi connectivity index (χ4n) is 2.31. The molecule has 0 aliphatic carbocycles. The Morgan fingerprint density at radius 2 is 1.88 bits per heavy atom. The lowest BCUT2D eigenvalue weighted by Crippen LogP contribution is -2.39. The fourth-order valence-corrected chi connectivity index (χ4v) is 2.31. The first-order valence-electron chi connectivity index (χ1n) is 8.85. The van der Waals surface area contributed by atoms with E-state index in [4.69, 9.17) is 9.15 Å². The standard InChI is InChI=1S/C20H29N3O2/c1-16(2)10-12-21-20(22-13-11-19-5-4-14-25-19)23-15-17-6-8-18(24-3)9-7-17/h4-9,14,16H,10-13,15H2,1-3H3,(H2,21,22,23). The van der Waals surface area contributed by atoms with Gasteiger partial charge in [0.05, 0.1) is 19.9 Å². The molecule has 5 nitrogen and oxygen atoms in total. The quantitative estimate of drug-likeness (QED) is 0.539. The van der Waals surface area contributed by atoms with E-state index in [1.54, 1.807) is 13.4 Å². The lowest BCUT2D eigenvalue weighted by Gasteiger charge is -2.13. The van der Waals surface area contributed by atoms with Crippen molar-refractivity contribution in [2.45, 2.75) is 33.2 Å². The molecule has 136 valence electrons. The summed E-state index contributed by atoms with van der Waals surface area (Å²) in [7, 11) is 1.67. The van der Waals surface area contributed by atoms with Gasteiger partial charge in [-0.15, -0.1) is 0 Å². The molecule has 2 aromatic rings. The van der Waals surface area contributed by atoms with Gasteiger partial charge in [0.15, 0.2) is 5.96 Å². The number of guanidine groups is 1. The van der Waals surface area contributed by atoms with Crippen molar-refractivity contribution in [3.05, 3.63) is 54.0 Å². The molecule has 0 fully saturated rings. The first kappa shape index (κ1) is 18.9. The van der Waals surface area contributed by atoms with Crippen LogP contribution in [0.3, 0.4) is 0 Å². The van der Waals surface area contributed by atoms with Gasteiger partial charge >= 0.3 is 0 Å². The molecule has 5 heteroatoms. The van der Waals surface area contributed by atoms with Crippen LogP contribution in [-0.4, -0.2) is 26.2 Å². The van der Waals surface area contributed by atoms with E-state index in [2.05, 4.69) is 29.5 Å². The summed E-state index contributed by atoms with van der Waals surface area (Å²) < 4.78 is 10.6. The van der Waals surface area contributed by atoms with Gasteiger partial charge in [0.25, 0.3) is 0 Å². The van der Waals surface area contributed by atoms with Crippen LogP contribution in [0.25, 0.3) is 0 Å². The molecule has 0 aliphatic heterocycles. The number of furan rings is 1. The second kappa shape index (κ2) is 10.4. The van der Waals surface area contributed by atoms with Crippen LogP contribution >= 0.6 is 0 Å². The highest BCUT2D eigenvalue weighted by Gasteiger charge is 2.02. The third kappa shape index (κ3) is 7.33. The number of nitrogens with one attached hydrogen (secondary N) is 2. The number of methoxy groups -OCH3 is 1. The molecular weight excluding hydrogens is 314 g/mol. The number of aliphatic imine (C=N–C) groups is 1. The van der Waals surface area contributed by atoms with Gasteiger partial charge in [-0.05, 0) is 42.2 Å². The van der Waals surface area contributed by atoms with Crippen LogP contribution in [0.1, 0.15) is 31.6 Å². The maximum absolute atomic E-state index is 5.37. The molecule has 25 heavy (non-hydrogen) atoms. The predicted octanol–water partition coefficient (Wildman–Crippen LogP) is 3.61. The lowest BCUT2D eigenvalue weighted by atomic mass is 10.1. The average molecular weight is 343 g/mol. The second-order valence-electron chi connectivity index (χ2n) is 6.38. The Hall–Kier alpha value is -2.43. The van der Waals surface area contributed by atoms with E-state index >= 15 is 0 Å². The topological polar surface area (TPSA) is 58.8 Å². The second-order valence-corrected chi connectivity index (χ2v) is 6.38. The Kier molecular flexibility index (Phi) is 7.89. The summed E-state index contributed by atoms with van der Waals surface area (Å²) in [6.45, 7) is 6.76. The van der Waals surface area contributed by atoms with Crippen LogP contribution < -0.4 is 15.4 Å². The smallest absolute Gasteiger partial charge is 0.191 e. The Morgan fingerprint density at radius 3 is 2.52 bits per heavy atom. The first-order valence-corrected chi connectivity index (χ1v) is 8.85. The average Bonchev–Trinajstić information content (AvgIpc) is 3.13. The molecule has 0 saturated heterocycles. The van der Waals surface area contributed by atoms with Crippen molar-refractivity contribution >= 4 is 5.96 Å². The molecule has 2 N–H and O–H groups in total. The maximum atomic E-state index is 5.37. The Labute approximate surface area is 150 Å². The van der Waals surface area contributed by atoms with Crippen LogP contribution in [0.5, 0.6) is 5.75 Å². The Morgan fingerprint density at radius 1 is 1.12 bits per heavy atom. The van der Waals surface area contributed by atoms with E-state index in [0.29, 0.717) is 12.5 Å². The van der Waals surface area contributed by atoms with Gasteiger partial charge in [0.1, 0.15) is 11.5 Å². The highest BCUT2D eigenvalue weighted by atomic mass is 16.5. The minimum absolute atomic E-state index is 0.627. The van der Waals surface area contributed by atoms with Crippen LogP contribution in [0.15, 0.2) is 52.1 Å². The van der Waals surface area contributed by atoms with Crippen molar-refractivity contribution < 1.29 is 9.15 Å². The number of nitrogens with zero attached hydrogens (tertiary/aromatic N) is 1. The predicted molar refractivity (Wildman–Crippen MR) is 102 cm³/mol. The molecule has 0 unspecified atom stereocenters. The molecule has 0 spiro atoms. The molecule has 1 aromatic heterocycles. The summed E-state index contributed by atoms with van der Waals surface area (Å²) in [5, 5.41) is 6.79.